The molecule has 0 amide bonds. The molecule has 0 aliphatic rings. The van der Waals surface area contributed by atoms with Gasteiger partial charge in [-0.1, -0.05) is 188 Å². The summed E-state index contributed by atoms with van der Waals surface area (Å²) in [7, 11) is 0. The highest BCUT2D eigenvalue weighted by Gasteiger charge is 2.21. The van der Waals surface area contributed by atoms with Gasteiger partial charge in [-0.3, -0.25) is 4.40 Å². The van der Waals surface area contributed by atoms with Crippen LogP contribution in [0, 0.1) is 0 Å². The fraction of sp³-hybridized carbons (Fsp3) is 0. The molecule has 0 unspecified atom stereocenters. The van der Waals surface area contributed by atoms with Crippen molar-refractivity contribution < 1.29 is 0 Å². The molecule has 7 aromatic carbocycles. The van der Waals surface area contributed by atoms with Gasteiger partial charge in [-0.25, -0.2) is 24.9 Å². The first-order valence-electron chi connectivity index (χ1n) is 18.3. The van der Waals surface area contributed by atoms with Gasteiger partial charge >= 0.3 is 0 Å². The SMILES string of the molecule is c1ccc(-c2nc(-c3ccccc3)nc(-c3cccc(-c4ccc(-c5nc(-c6ccccc6)n6c(-c7ccccc7)c7ccccc7c6n5)cc4)c3)n2)cc1. The molecule has 0 spiro atoms. The lowest BCUT2D eigenvalue weighted by atomic mass is 10.0. The zero-order valence-corrected chi connectivity index (χ0v) is 29.7. The van der Waals surface area contributed by atoms with Gasteiger partial charge in [0.25, 0.3) is 0 Å². The molecule has 0 saturated carbocycles. The molecule has 0 aliphatic carbocycles. The van der Waals surface area contributed by atoms with Crippen molar-refractivity contribution in [1.29, 1.82) is 0 Å². The summed E-state index contributed by atoms with van der Waals surface area (Å²) in [5, 5.41) is 2.22. The Morgan fingerprint density at radius 1 is 0.273 bits per heavy atom. The van der Waals surface area contributed by atoms with Gasteiger partial charge in [0, 0.05) is 38.6 Å². The van der Waals surface area contributed by atoms with E-state index < -0.39 is 0 Å². The van der Waals surface area contributed by atoms with Crippen LogP contribution in [0.4, 0.5) is 0 Å². The third-order valence-corrected chi connectivity index (χ3v) is 9.87. The minimum absolute atomic E-state index is 0.621. The summed E-state index contributed by atoms with van der Waals surface area (Å²) in [6.07, 6.45) is 0. The zero-order chi connectivity index (χ0) is 36.6. The van der Waals surface area contributed by atoms with Crippen LogP contribution >= 0.6 is 0 Å². The normalized spacial score (nSPS) is 11.3. The van der Waals surface area contributed by atoms with Gasteiger partial charge in [-0.05, 0) is 22.8 Å². The lowest BCUT2D eigenvalue weighted by molar-refractivity contribution is 1.05. The topological polar surface area (TPSA) is 68.9 Å². The molecule has 10 aromatic rings. The van der Waals surface area contributed by atoms with Crippen molar-refractivity contribution in [3.05, 3.63) is 194 Å². The Bertz CT molecular complexity index is 2890. The number of aromatic nitrogens is 6. The Balaban J connectivity index is 1.07. The van der Waals surface area contributed by atoms with Crippen LogP contribution in [0.15, 0.2) is 194 Å². The molecule has 55 heavy (non-hydrogen) atoms. The van der Waals surface area contributed by atoms with E-state index in [1.165, 1.54) is 0 Å². The van der Waals surface area contributed by atoms with Crippen molar-refractivity contribution >= 4 is 16.4 Å². The van der Waals surface area contributed by atoms with Crippen LogP contribution in [0.1, 0.15) is 0 Å². The standard InChI is InChI=1S/C49H32N6/c1-5-16-34(17-6-1)43-41-26-13-14-27-42(41)49-54-46(53-48(55(43)49)38-22-11-4-12-23-38)37-30-28-33(29-31-37)39-24-15-25-40(32-39)47-51-44(35-18-7-2-8-19-35)50-45(52-47)36-20-9-3-10-21-36/h1-32H. The van der Waals surface area contributed by atoms with Gasteiger partial charge in [-0.2, -0.15) is 0 Å². The summed E-state index contributed by atoms with van der Waals surface area (Å²) in [5.41, 5.74) is 9.93. The smallest absolute Gasteiger partial charge is 0.164 e. The summed E-state index contributed by atoms with van der Waals surface area (Å²) in [4.78, 5) is 25.3. The predicted molar refractivity (Wildman–Crippen MR) is 222 cm³/mol. The highest BCUT2D eigenvalue weighted by atomic mass is 15.1. The average Bonchev–Trinajstić information content (AvgIpc) is 3.61. The van der Waals surface area contributed by atoms with Crippen molar-refractivity contribution in [3.8, 4) is 79.3 Å². The molecule has 0 bridgehead atoms. The lowest BCUT2D eigenvalue weighted by Crippen LogP contribution is -2.03. The van der Waals surface area contributed by atoms with Gasteiger partial charge in [0.15, 0.2) is 23.3 Å². The van der Waals surface area contributed by atoms with Gasteiger partial charge in [-0.15, -0.1) is 0 Å². The summed E-state index contributed by atoms with van der Waals surface area (Å²) < 4.78 is 2.21. The Morgan fingerprint density at radius 3 is 1.29 bits per heavy atom. The predicted octanol–water partition coefficient (Wildman–Crippen LogP) is 11.7. The molecule has 0 N–H and O–H groups in total. The highest BCUT2D eigenvalue weighted by Crippen LogP contribution is 2.38. The lowest BCUT2D eigenvalue weighted by Gasteiger charge is -2.12. The van der Waals surface area contributed by atoms with Gasteiger partial charge < -0.3 is 0 Å². The zero-order valence-electron chi connectivity index (χ0n) is 29.7. The second-order valence-electron chi connectivity index (χ2n) is 13.4. The van der Waals surface area contributed by atoms with E-state index in [1.54, 1.807) is 0 Å². The van der Waals surface area contributed by atoms with Crippen molar-refractivity contribution in [2.24, 2.45) is 0 Å². The van der Waals surface area contributed by atoms with Crippen LogP contribution in [-0.2, 0) is 0 Å². The molecule has 6 heteroatoms. The largest absolute Gasteiger partial charge is 0.277 e. The number of hydrogen-bond acceptors (Lipinski definition) is 5. The molecule has 0 radical (unpaired) electrons. The van der Waals surface area contributed by atoms with E-state index in [1.807, 2.05) is 72.8 Å². The molecule has 0 fully saturated rings. The maximum Gasteiger partial charge on any atom is 0.164 e. The molecule has 0 atom stereocenters. The van der Waals surface area contributed by atoms with E-state index in [4.69, 9.17) is 24.9 Å². The van der Waals surface area contributed by atoms with Crippen molar-refractivity contribution in [2.75, 3.05) is 0 Å². The monoisotopic (exact) mass is 704 g/mol. The van der Waals surface area contributed by atoms with Crippen LogP contribution < -0.4 is 0 Å². The van der Waals surface area contributed by atoms with E-state index in [0.29, 0.717) is 23.3 Å². The van der Waals surface area contributed by atoms with Crippen LogP contribution in [-0.4, -0.2) is 29.3 Å². The Kier molecular flexibility index (Phi) is 8.04. The molecule has 0 saturated heterocycles. The van der Waals surface area contributed by atoms with E-state index >= 15 is 0 Å². The maximum atomic E-state index is 5.27. The molecule has 258 valence electrons. The molecule has 6 nitrogen and oxygen atoms in total. The number of fused-ring (bicyclic) bond motifs is 3. The Morgan fingerprint density at radius 2 is 0.691 bits per heavy atom. The molecule has 10 rings (SSSR count). The van der Waals surface area contributed by atoms with Gasteiger partial charge in [0.1, 0.15) is 11.5 Å². The molecule has 3 aromatic heterocycles. The summed E-state index contributed by atoms with van der Waals surface area (Å²) in [6.45, 7) is 0. The third kappa shape index (κ3) is 6.02. The van der Waals surface area contributed by atoms with Crippen molar-refractivity contribution in [3.63, 3.8) is 0 Å². The van der Waals surface area contributed by atoms with E-state index in [2.05, 4.69) is 126 Å². The molecule has 0 aliphatic heterocycles. The molecular weight excluding hydrogens is 673 g/mol. The fourth-order valence-corrected chi connectivity index (χ4v) is 7.20. The average molecular weight is 705 g/mol. The number of rotatable bonds is 7. The molecular formula is C49H32N6. The Hall–Kier alpha value is -7.57. The highest BCUT2D eigenvalue weighted by molar-refractivity contribution is 6.06. The number of hydrogen-bond donors (Lipinski definition) is 0. The first-order chi connectivity index (χ1) is 27.3. The van der Waals surface area contributed by atoms with Crippen LogP contribution in [0.25, 0.3) is 95.7 Å². The second-order valence-corrected chi connectivity index (χ2v) is 13.4. The first kappa shape index (κ1) is 32.1. The maximum absolute atomic E-state index is 5.27. The minimum atomic E-state index is 0.621. The third-order valence-electron chi connectivity index (χ3n) is 9.87. The van der Waals surface area contributed by atoms with Crippen molar-refractivity contribution in [2.45, 2.75) is 0 Å². The second kappa shape index (κ2) is 13.8. The van der Waals surface area contributed by atoms with Crippen molar-refractivity contribution in [1.82, 2.24) is 29.3 Å². The van der Waals surface area contributed by atoms with Gasteiger partial charge in [0.2, 0.25) is 0 Å². The van der Waals surface area contributed by atoms with E-state index in [-0.39, 0.29) is 0 Å². The molecule has 3 heterocycles. The van der Waals surface area contributed by atoms with Crippen LogP contribution in [0.5, 0.6) is 0 Å². The van der Waals surface area contributed by atoms with E-state index in [0.717, 1.165) is 72.4 Å². The first-order valence-corrected chi connectivity index (χ1v) is 18.3. The van der Waals surface area contributed by atoms with Crippen LogP contribution in [0.3, 0.4) is 0 Å². The minimum Gasteiger partial charge on any atom is -0.277 e. The Labute approximate surface area is 318 Å². The van der Waals surface area contributed by atoms with Gasteiger partial charge in [0.05, 0.1) is 5.69 Å². The van der Waals surface area contributed by atoms with Crippen LogP contribution in [0.2, 0.25) is 0 Å². The number of nitrogens with zero attached hydrogens (tertiary/aromatic N) is 6. The summed E-state index contributed by atoms with van der Waals surface area (Å²) in [6, 6.07) is 66.3. The quantitative estimate of drug-likeness (QED) is 0.165. The summed E-state index contributed by atoms with van der Waals surface area (Å²) in [5.74, 6) is 3.40. The fourth-order valence-electron chi connectivity index (χ4n) is 7.20. The van der Waals surface area contributed by atoms with E-state index in [9.17, 15) is 0 Å². The summed E-state index contributed by atoms with van der Waals surface area (Å²) >= 11 is 0. The number of benzene rings is 7.